The summed E-state index contributed by atoms with van der Waals surface area (Å²) in [6, 6.07) is 20.1. The van der Waals surface area contributed by atoms with Crippen LogP contribution in [0.1, 0.15) is 12.8 Å². The summed E-state index contributed by atoms with van der Waals surface area (Å²) in [6.45, 7) is 0.836. The molecule has 1 fully saturated rings. The predicted molar refractivity (Wildman–Crippen MR) is 110 cm³/mol. The molecule has 0 amide bonds. The Hall–Kier alpha value is -3.47. The van der Waals surface area contributed by atoms with Gasteiger partial charge in [0.15, 0.2) is 0 Å². The van der Waals surface area contributed by atoms with E-state index in [1.54, 1.807) is 12.3 Å². The number of carbonyl (C=O) groups is 1. The summed E-state index contributed by atoms with van der Waals surface area (Å²) in [5.41, 5.74) is 3.70. The monoisotopic (exact) mass is 371 g/mol. The van der Waals surface area contributed by atoms with Crippen molar-refractivity contribution in [3.05, 3.63) is 79.0 Å². The average Bonchev–Trinajstić information content (AvgIpc) is 3.22. The third-order valence-electron chi connectivity index (χ3n) is 4.91. The van der Waals surface area contributed by atoms with Gasteiger partial charge < -0.3 is 10.0 Å². The standard InChI is InChI=1S/C23H21N3O2/c27-21(28)14-13-19-12-7-15-26(19)20-16-24-22(17-8-3-1-4-9-17)23(25-20)18-10-5-2-6-11-18/h1-6,8-11,13-14,16,19H,7,12,15H2,(H,27,28)/t19-/m1/s1. The fraction of sp³-hybridized carbons (Fsp3) is 0.174. The number of benzene rings is 2. The number of aromatic nitrogens is 2. The molecular formula is C23H21N3O2. The number of hydrogen-bond acceptors (Lipinski definition) is 4. The molecule has 0 bridgehead atoms. The maximum absolute atomic E-state index is 10.9. The van der Waals surface area contributed by atoms with Crippen molar-refractivity contribution in [2.75, 3.05) is 11.4 Å². The molecule has 4 rings (SSSR count). The SMILES string of the molecule is O=C(O)C=C[C@H]1CCCN1c1cnc(-c2ccccc2)c(-c2ccccc2)n1. The number of hydrogen-bond donors (Lipinski definition) is 1. The molecule has 1 saturated heterocycles. The summed E-state index contributed by atoms with van der Waals surface area (Å²) in [4.78, 5) is 22.8. The second-order valence-corrected chi connectivity index (χ2v) is 6.76. The Morgan fingerprint density at radius 1 is 1.00 bits per heavy atom. The van der Waals surface area contributed by atoms with E-state index in [4.69, 9.17) is 15.1 Å². The van der Waals surface area contributed by atoms with Crippen molar-refractivity contribution < 1.29 is 9.90 Å². The quantitative estimate of drug-likeness (QED) is 0.673. The molecule has 2 heterocycles. The second-order valence-electron chi connectivity index (χ2n) is 6.76. The Kier molecular flexibility index (Phi) is 5.15. The van der Waals surface area contributed by atoms with Crippen LogP contribution in [0.2, 0.25) is 0 Å². The number of aliphatic carboxylic acids is 1. The molecule has 1 N–H and O–H groups in total. The van der Waals surface area contributed by atoms with Crippen LogP contribution in [-0.2, 0) is 4.79 Å². The van der Waals surface area contributed by atoms with Crippen LogP contribution in [0.3, 0.4) is 0 Å². The summed E-state index contributed by atoms with van der Waals surface area (Å²) >= 11 is 0. The lowest BCUT2D eigenvalue weighted by atomic mass is 10.0. The molecular weight excluding hydrogens is 350 g/mol. The van der Waals surface area contributed by atoms with E-state index in [-0.39, 0.29) is 6.04 Å². The number of carboxylic acids is 1. The van der Waals surface area contributed by atoms with E-state index in [1.807, 2.05) is 60.7 Å². The van der Waals surface area contributed by atoms with E-state index in [0.29, 0.717) is 0 Å². The molecule has 0 saturated carbocycles. The van der Waals surface area contributed by atoms with Gasteiger partial charge in [-0.25, -0.2) is 9.78 Å². The normalized spacial score (nSPS) is 16.6. The zero-order valence-electron chi connectivity index (χ0n) is 15.4. The number of anilines is 1. The van der Waals surface area contributed by atoms with Crippen molar-refractivity contribution in [2.24, 2.45) is 0 Å². The van der Waals surface area contributed by atoms with Crippen molar-refractivity contribution in [1.29, 1.82) is 0 Å². The molecule has 1 aliphatic heterocycles. The lowest BCUT2D eigenvalue weighted by Crippen LogP contribution is -2.28. The summed E-state index contributed by atoms with van der Waals surface area (Å²) in [6.07, 6.45) is 6.66. The number of nitrogens with zero attached hydrogens (tertiary/aromatic N) is 3. The van der Waals surface area contributed by atoms with E-state index in [2.05, 4.69) is 4.90 Å². The van der Waals surface area contributed by atoms with E-state index < -0.39 is 5.97 Å². The van der Waals surface area contributed by atoms with Crippen LogP contribution in [0, 0.1) is 0 Å². The van der Waals surface area contributed by atoms with Gasteiger partial charge >= 0.3 is 5.97 Å². The van der Waals surface area contributed by atoms with Gasteiger partial charge in [-0.05, 0) is 12.8 Å². The fourth-order valence-corrected chi connectivity index (χ4v) is 3.59. The molecule has 28 heavy (non-hydrogen) atoms. The van der Waals surface area contributed by atoms with Gasteiger partial charge in [-0.1, -0.05) is 66.7 Å². The largest absolute Gasteiger partial charge is 0.478 e. The smallest absolute Gasteiger partial charge is 0.328 e. The van der Waals surface area contributed by atoms with Gasteiger partial charge in [0.25, 0.3) is 0 Å². The molecule has 1 aromatic heterocycles. The summed E-state index contributed by atoms with van der Waals surface area (Å²) in [5, 5.41) is 8.95. The molecule has 5 nitrogen and oxygen atoms in total. The van der Waals surface area contributed by atoms with Crippen molar-refractivity contribution >= 4 is 11.8 Å². The third-order valence-corrected chi connectivity index (χ3v) is 4.91. The molecule has 140 valence electrons. The van der Waals surface area contributed by atoms with Crippen LogP contribution in [0.15, 0.2) is 79.0 Å². The second kappa shape index (κ2) is 8.05. The van der Waals surface area contributed by atoms with Crippen LogP contribution in [-0.4, -0.2) is 33.6 Å². The average molecular weight is 371 g/mol. The highest BCUT2D eigenvalue weighted by molar-refractivity contribution is 5.80. The van der Waals surface area contributed by atoms with Crippen molar-refractivity contribution in [1.82, 2.24) is 9.97 Å². The minimum absolute atomic E-state index is 0.0246. The van der Waals surface area contributed by atoms with Crippen molar-refractivity contribution in [3.63, 3.8) is 0 Å². The molecule has 5 heteroatoms. The van der Waals surface area contributed by atoms with Crippen LogP contribution in [0.4, 0.5) is 5.82 Å². The first-order chi connectivity index (χ1) is 13.7. The van der Waals surface area contributed by atoms with Crippen LogP contribution >= 0.6 is 0 Å². The highest BCUT2D eigenvalue weighted by Crippen LogP contribution is 2.32. The Morgan fingerprint density at radius 2 is 1.64 bits per heavy atom. The minimum Gasteiger partial charge on any atom is -0.478 e. The van der Waals surface area contributed by atoms with Gasteiger partial charge in [-0.3, -0.25) is 4.98 Å². The van der Waals surface area contributed by atoms with Gasteiger partial charge in [-0.15, -0.1) is 0 Å². The maximum atomic E-state index is 10.9. The topological polar surface area (TPSA) is 66.3 Å². The molecule has 0 aliphatic carbocycles. The first-order valence-corrected chi connectivity index (χ1v) is 9.38. The lowest BCUT2D eigenvalue weighted by molar-refractivity contribution is -0.131. The lowest BCUT2D eigenvalue weighted by Gasteiger charge is -2.24. The van der Waals surface area contributed by atoms with Crippen LogP contribution < -0.4 is 4.90 Å². The molecule has 0 spiro atoms. The van der Waals surface area contributed by atoms with E-state index in [9.17, 15) is 4.79 Å². The maximum Gasteiger partial charge on any atom is 0.328 e. The first kappa shape index (κ1) is 17.9. The Labute approximate surface area is 164 Å². The van der Waals surface area contributed by atoms with Gasteiger partial charge in [-0.2, -0.15) is 0 Å². The molecule has 3 aromatic rings. The Morgan fingerprint density at radius 3 is 2.29 bits per heavy atom. The van der Waals surface area contributed by atoms with Gasteiger partial charge in [0.05, 0.1) is 17.6 Å². The summed E-state index contributed by atoms with van der Waals surface area (Å²) in [7, 11) is 0. The molecule has 1 aliphatic rings. The predicted octanol–water partition coefficient (Wildman–Crippen LogP) is 4.42. The van der Waals surface area contributed by atoms with Gasteiger partial charge in [0, 0.05) is 29.8 Å². The van der Waals surface area contributed by atoms with E-state index >= 15 is 0 Å². The van der Waals surface area contributed by atoms with Gasteiger partial charge in [0.1, 0.15) is 5.82 Å². The van der Waals surface area contributed by atoms with Crippen molar-refractivity contribution in [2.45, 2.75) is 18.9 Å². The molecule has 0 unspecified atom stereocenters. The Balaban J connectivity index is 1.77. The fourth-order valence-electron chi connectivity index (χ4n) is 3.59. The van der Waals surface area contributed by atoms with Gasteiger partial charge in [0.2, 0.25) is 0 Å². The highest BCUT2D eigenvalue weighted by Gasteiger charge is 2.25. The molecule has 1 atom stereocenters. The van der Waals surface area contributed by atoms with E-state index in [1.165, 1.54) is 6.08 Å². The van der Waals surface area contributed by atoms with Crippen molar-refractivity contribution in [3.8, 4) is 22.5 Å². The number of rotatable bonds is 5. The highest BCUT2D eigenvalue weighted by atomic mass is 16.4. The molecule has 0 radical (unpaired) electrons. The first-order valence-electron chi connectivity index (χ1n) is 9.38. The summed E-state index contributed by atoms with van der Waals surface area (Å²) < 4.78 is 0. The zero-order valence-corrected chi connectivity index (χ0v) is 15.4. The Bertz CT molecular complexity index is 987. The molecule has 2 aromatic carbocycles. The number of carboxylic acid groups (broad SMARTS) is 1. The van der Waals surface area contributed by atoms with E-state index in [0.717, 1.165) is 47.7 Å². The van der Waals surface area contributed by atoms with Crippen LogP contribution in [0.25, 0.3) is 22.5 Å². The summed E-state index contributed by atoms with van der Waals surface area (Å²) in [5.74, 6) is -0.154. The zero-order chi connectivity index (χ0) is 19.3. The third kappa shape index (κ3) is 3.78. The minimum atomic E-state index is -0.928. The van der Waals surface area contributed by atoms with Crippen LogP contribution in [0.5, 0.6) is 0 Å².